The molecule has 1 heterocycles. The summed E-state index contributed by atoms with van der Waals surface area (Å²) >= 11 is 0. The van der Waals surface area contributed by atoms with E-state index in [4.69, 9.17) is 9.47 Å². The van der Waals surface area contributed by atoms with Gasteiger partial charge < -0.3 is 19.7 Å². The van der Waals surface area contributed by atoms with E-state index < -0.39 is 28.5 Å². The fourth-order valence-electron chi connectivity index (χ4n) is 5.37. The fraction of sp³-hybridized carbons (Fsp3) is 0.375. The van der Waals surface area contributed by atoms with Crippen molar-refractivity contribution < 1.29 is 27.5 Å². The highest BCUT2D eigenvalue weighted by Gasteiger charge is 2.33. The minimum Gasteiger partial charge on any atom is -0.486 e. The average Bonchev–Trinajstić information content (AvgIpc) is 3.03. The molecule has 222 valence electrons. The third-order valence-corrected chi connectivity index (χ3v) is 9.53. The Morgan fingerprint density at radius 2 is 1.52 bits per heavy atom. The van der Waals surface area contributed by atoms with Crippen molar-refractivity contribution in [2.24, 2.45) is 0 Å². The molecule has 1 N–H and O–H groups in total. The number of anilines is 1. The summed E-state index contributed by atoms with van der Waals surface area (Å²) in [5.74, 6) is 0.162. The van der Waals surface area contributed by atoms with E-state index in [0.29, 0.717) is 24.7 Å². The average molecular weight is 592 g/mol. The first kappa shape index (κ1) is 29.4. The molecule has 3 aromatic carbocycles. The number of nitrogens with zero attached hydrogens (tertiary/aromatic N) is 2. The van der Waals surface area contributed by atoms with Gasteiger partial charge in [-0.2, -0.15) is 0 Å². The third kappa shape index (κ3) is 6.87. The number of benzene rings is 3. The van der Waals surface area contributed by atoms with Crippen LogP contribution >= 0.6 is 0 Å². The molecule has 10 heteroatoms. The Bertz CT molecular complexity index is 1480. The van der Waals surface area contributed by atoms with E-state index in [-0.39, 0.29) is 29.1 Å². The molecule has 9 nitrogen and oxygen atoms in total. The lowest BCUT2D eigenvalue weighted by atomic mass is 9.95. The smallest absolute Gasteiger partial charge is 0.264 e. The molecule has 0 aromatic heterocycles. The first-order valence-corrected chi connectivity index (χ1v) is 15.9. The molecular formula is C32H37N3O6S. The number of ether oxygens (including phenoxy) is 2. The van der Waals surface area contributed by atoms with E-state index in [2.05, 4.69) is 5.32 Å². The molecule has 0 saturated heterocycles. The maximum absolute atomic E-state index is 14.1. The molecule has 1 fully saturated rings. The van der Waals surface area contributed by atoms with Gasteiger partial charge in [-0.1, -0.05) is 67.8 Å². The maximum Gasteiger partial charge on any atom is 0.264 e. The lowest BCUT2D eigenvalue weighted by Gasteiger charge is -2.33. The van der Waals surface area contributed by atoms with Gasteiger partial charge in [0.05, 0.1) is 10.6 Å². The summed E-state index contributed by atoms with van der Waals surface area (Å²) in [4.78, 5) is 29.0. The first-order chi connectivity index (χ1) is 20.3. The van der Waals surface area contributed by atoms with Gasteiger partial charge in [-0.15, -0.1) is 0 Å². The second kappa shape index (κ2) is 13.3. The number of rotatable bonds is 10. The van der Waals surface area contributed by atoms with Crippen molar-refractivity contribution in [3.05, 3.63) is 84.4 Å². The largest absolute Gasteiger partial charge is 0.486 e. The van der Waals surface area contributed by atoms with Crippen molar-refractivity contribution in [2.45, 2.75) is 62.6 Å². The topological polar surface area (TPSA) is 105 Å². The number of fused-ring (bicyclic) bond motifs is 1. The molecule has 0 bridgehead atoms. The molecule has 42 heavy (non-hydrogen) atoms. The summed E-state index contributed by atoms with van der Waals surface area (Å²) in [6, 6.07) is 21.4. The van der Waals surface area contributed by atoms with Crippen LogP contribution in [-0.4, -0.2) is 57.0 Å². The number of hydrogen-bond acceptors (Lipinski definition) is 6. The van der Waals surface area contributed by atoms with Gasteiger partial charge in [0.25, 0.3) is 10.0 Å². The number of carbonyl (C=O) groups is 2. The molecule has 1 aliphatic heterocycles. The number of hydrogen-bond donors (Lipinski definition) is 1. The van der Waals surface area contributed by atoms with Crippen molar-refractivity contribution >= 4 is 27.5 Å². The van der Waals surface area contributed by atoms with Gasteiger partial charge in [-0.05, 0) is 49.6 Å². The van der Waals surface area contributed by atoms with Crippen molar-refractivity contribution in [3.63, 3.8) is 0 Å². The van der Waals surface area contributed by atoms with Crippen molar-refractivity contribution in [2.75, 3.05) is 24.1 Å². The first-order valence-electron chi connectivity index (χ1n) is 14.4. The predicted octanol–water partition coefficient (Wildman–Crippen LogP) is 4.52. The van der Waals surface area contributed by atoms with E-state index in [1.165, 1.54) is 17.0 Å². The second-order valence-corrected chi connectivity index (χ2v) is 12.5. The van der Waals surface area contributed by atoms with Crippen LogP contribution in [0.1, 0.15) is 44.6 Å². The van der Waals surface area contributed by atoms with Gasteiger partial charge in [0.1, 0.15) is 25.8 Å². The molecule has 2 aliphatic rings. The lowest BCUT2D eigenvalue weighted by Crippen LogP contribution is -2.53. The third-order valence-electron chi connectivity index (χ3n) is 7.74. The van der Waals surface area contributed by atoms with Gasteiger partial charge in [0.15, 0.2) is 11.5 Å². The summed E-state index contributed by atoms with van der Waals surface area (Å²) in [5, 5.41) is 3.12. The van der Waals surface area contributed by atoms with E-state index in [1.807, 2.05) is 30.3 Å². The Morgan fingerprint density at radius 1 is 0.881 bits per heavy atom. The molecule has 1 saturated carbocycles. The monoisotopic (exact) mass is 591 g/mol. The highest BCUT2D eigenvalue weighted by atomic mass is 32.2. The van der Waals surface area contributed by atoms with Gasteiger partial charge in [-0.3, -0.25) is 13.9 Å². The number of nitrogens with one attached hydrogen (secondary N) is 1. The van der Waals surface area contributed by atoms with Crippen LogP contribution in [0.15, 0.2) is 83.8 Å². The van der Waals surface area contributed by atoms with Crippen LogP contribution in [0.3, 0.4) is 0 Å². The van der Waals surface area contributed by atoms with Gasteiger partial charge in [-0.25, -0.2) is 8.42 Å². The normalized spacial score (nSPS) is 15.8. The van der Waals surface area contributed by atoms with Crippen molar-refractivity contribution in [1.29, 1.82) is 0 Å². The predicted molar refractivity (Wildman–Crippen MR) is 160 cm³/mol. The fourth-order valence-corrected chi connectivity index (χ4v) is 6.79. The molecule has 5 rings (SSSR count). The number of amides is 2. The Kier molecular flexibility index (Phi) is 9.31. The SMILES string of the molecule is C[C@H](C(=O)NC1CCCCC1)N(Cc1ccccc1)C(=O)CN(c1ccc2c(c1)OCCO2)S(=O)(=O)c1ccccc1. The van der Waals surface area contributed by atoms with E-state index in [9.17, 15) is 18.0 Å². The van der Waals surface area contributed by atoms with Crippen LogP contribution < -0.4 is 19.1 Å². The Balaban J connectivity index is 1.47. The minimum absolute atomic E-state index is 0.0467. The van der Waals surface area contributed by atoms with Crippen LogP contribution in [0, 0.1) is 0 Å². The zero-order valence-electron chi connectivity index (χ0n) is 23.8. The summed E-state index contributed by atoms with van der Waals surface area (Å²) in [7, 11) is -4.16. The zero-order valence-corrected chi connectivity index (χ0v) is 24.6. The highest BCUT2D eigenvalue weighted by Crippen LogP contribution is 2.36. The lowest BCUT2D eigenvalue weighted by molar-refractivity contribution is -0.139. The van der Waals surface area contributed by atoms with Crippen molar-refractivity contribution in [1.82, 2.24) is 10.2 Å². The molecule has 3 aromatic rings. The van der Waals surface area contributed by atoms with E-state index >= 15 is 0 Å². The maximum atomic E-state index is 14.1. The molecular weight excluding hydrogens is 554 g/mol. The zero-order chi connectivity index (χ0) is 29.5. The molecule has 0 spiro atoms. The second-order valence-electron chi connectivity index (χ2n) is 10.7. The standard InChI is InChI=1S/C32H37N3O6S/c1-24(32(37)33-26-13-7-3-8-14-26)34(22-25-11-5-2-6-12-25)31(36)23-35(42(38,39)28-15-9-4-10-16-28)27-17-18-29-30(21-27)41-20-19-40-29/h2,4-6,9-12,15-18,21,24,26H,3,7-8,13-14,19-20,22-23H2,1H3,(H,33,37)/t24-/m1/s1. The molecule has 1 aliphatic carbocycles. The summed E-state index contributed by atoms with van der Waals surface area (Å²) in [6.45, 7) is 2.06. The summed E-state index contributed by atoms with van der Waals surface area (Å²) in [5.41, 5.74) is 1.09. The Labute approximate surface area is 247 Å². The Morgan fingerprint density at radius 3 is 2.21 bits per heavy atom. The Hall–Kier alpha value is -4.05. The van der Waals surface area contributed by atoms with E-state index in [1.54, 1.807) is 43.3 Å². The van der Waals surface area contributed by atoms with Crippen LogP contribution in [-0.2, 0) is 26.2 Å². The van der Waals surface area contributed by atoms with Crippen LogP contribution in [0.4, 0.5) is 5.69 Å². The van der Waals surface area contributed by atoms with Gasteiger partial charge >= 0.3 is 0 Å². The molecule has 0 unspecified atom stereocenters. The number of carbonyl (C=O) groups excluding carboxylic acids is 2. The summed E-state index contributed by atoms with van der Waals surface area (Å²) in [6.07, 6.45) is 5.12. The van der Waals surface area contributed by atoms with Crippen LogP contribution in [0.5, 0.6) is 11.5 Å². The highest BCUT2D eigenvalue weighted by molar-refractivity contribution is 7.92. The minimum atomic E-state index is -4.16. The van der Waals surface area contributed by atoms with Gasteiger partial charge in [0.2, 0.25) is 11.8 Å². The molecule has 1 atom stereocenters. The van der Waals surface area contributed by atoms with Crippen LogP contribution in [0.25, 0.3) is 0 Å². The number of sulfonamides is 1. The van der Waals surface area contributed by atoms with Gasteiger partial charge in [0, 0.05) is 18.7 Å². The molecule has 0 radical (unpaired) electrons. The van der Waals surface area contributed by atoms with Crippen LogP contribution in [0.2, 0.25) is 0 Å². The quantitative estimate of drug-likeness (QED) is 0.372. The van der Waals surface area contributed by atoms with Crippen molar-refractivity contribution in [3.8, 4) is 11.5 Å². The van der Waals surface area contributed by atoms with E-state index in [0.717, 1.165) is 42.0 Å². The summed E-state index contributed by atoms with van der Waals surface area (Å²) < 4.78 is 40.4. The molecule has 2 amide bonds.